The van der Waals surface area contributed by atoms with E-state index in [0.717, 1.165) is 12.0 Å². The molecule has 0 aliphatic carbocycles. The summed E-state index contributed by atoms with van der Waals surface area (Å²) in [5.41, 5.74) is 0.959. The van der Waals surface area contributed by atoms with E-state index in [1.54, 1.807) is 6.20 Å². The minimum Gasteiger partial charge on any atom is -0.395 e. The number of hydrogen-bond donors (Lipinski definition) is 2. The minimum absolute atomic E-state index is 0.131. The molecule has 0 saturated carbocycles. The molecule has 2 N–H and O–H groups in total. The van der Waals surface area contributed by atoms with Crippen molar-refractivity contribution in [2.75, 3.05) is 6.61 Å². The average Bonchev–Trinajstić information content (AvgIpc) is 2.22. The first-order chi connectivity index (χ1) is 6.77. The average molecular weight is 215 g/mol. The summed E-state index contributed by atoms with van der Waals surface area (Å²) in [4.78, 5) is 3.97. The van der Waals surface area contributed by atoms with Crippen LogP contribution in [0.1, 0.15) is 18.9 Å². The number of halogens is 1. The van der Waals surface area contributed by atoms with E-state index in [1.807, 2.05) is 19.1 Å². The zero-order valence-corrected chi connectivity index (χ0v) is 8.96. The van der Waals surface area contributed by atoms with E-state index in [4.69, 9.17) is 16.7 Å². The number of rotatable bonds is 5. The fourth-order valence-electron chi connectivity index (χ4n) is 1.14. The Morgan fingerprint density at radius 3 is 3.00 bits per heavy atom. The van der Waals surface area contributed by atoms with Crippen LogP contribution in [-0.2, 0) is 6.54 Å². The third kappa shape index (κ3) is 3.25. The fourth-order valence-corrected chi connectivity index (χ4v) is 1.33. The van der Waals surface area contributed by atoms with Gasteiger partial charge in [0, 0.05) is 24.3 Å². The number of nitrogens with zero attached hydrogens (tertiary/aromatic N) is 1. The molecule has 1 aromatic rings. The summed E-state index contributed by atoms with van der Waals surface area (Å²) >= 11 is 5.88. The lowest BCUT2D eigenvalue weighted by Gasteiger charge is -2.13. The molecule has 14 heavy (non-hydrogen) atoms. The molecule has 0 saturated heterocycles. The first kappa shape index (κ1) is 11.4. The predicted octanol–water partition coefficient (Wildman–Crippen LogP) is 1.60. The SMILES string of the molecule is CC[C@H](CO)NCc1cccnc1Cl. The molecule has 0 spiro atoms. The monoisotopic (exact) mass is 214 g/mol. The Bertz CT molecular complexity index is 277. The Hall–Kier alpha value is -0.640. The number of aromatic nitrogens is 1. The Morgan fingerprint density at radius 2 is 2.43 bits per heavy atom. The van der Waals surface area contributed by atoms with Crippen molar-refractivity contribution >= 4 is 11.6 Å². The van der Waals surface area contributed by atoms with Gasteiger partial charge in [-0.25, -0.2) is 4.98 Å². The number of aliphatic hydroxyl groups is 1. The molecule has 0 radical (unpaired) electrons. The summed E-state index contributed by atoms with van der Waals surface area (Å²) in [6.45, 7) is 2.82. The van der Waals surface area contributed by atoms with Gasteiger partial charge in [0.2, 0.25) is 0 Å². The zero-order valence-electron chi connectivity index (χ0n) is 8.20. The van der Waals surface area contributed by atoms with E-state index in [2.05, 4.69) is 10.3 Å². The molecular weight excluding hydrogens is 200 g/mol. The van der Waals surface area contributed by atoms with Crippen molar-refractivity contribution in [3.05, 3.63) is 29.0 Å². The lowest BCUT2D eigenvalue weighted by Crippen LogP contribution is -2.31. The highest BCUT2D eigenvalue weighted by atomic mass is 35.5. The molecule has 0 fully saturated rings. The van der Waals surface area contributed by atoms with Crippen LogP contribution in [0.4, 0.5) is 0 Å². The summed E-state index contributed by atoms with van der Waals surface area (Å²) in [5.74, 6) is 0. The molecule has 0 aromatic carbocycles. The third-order valence-corrected chi connectivity index (χ3v) is 2.47. The highest BCUT2D eigenvalue weighted by Gasteiger charge is 2.05. The summed E-state index contributed by atoms with van der Waals surface area (Å²) in [6, 6.07) is 3.90. The number of hydrogen-bond acceptors (Lipinski definition) is 3. The maximum atomic E-state index is 8.96. The van der Waals surface area contributed by atoms with Gasteiger partial charge in [-0.05, 0) is 12.5 Å². The molecule has 4 heteroatoms. The number of aliphatic hydroxyl groups excluding tert-OH is 1. The molecule has 0 bridgehead atoms. The molecule has 1 atom stereocenters. The van der Waals surface area contributed by atoms with E-state index in [0.29, 0.717) is 11.7 Å². The smallest absolute Gasteiger partial charge is 0.133 e. The van der Waals surface area contributed by atoms with Crippen LogP contribution in [0.25, 0.3) is 0 Å². The highest BCUT2D eigenvalue weighted by molar-refractivity contribution is 6.30. The van der Waals surface area contributed by atoms with Crippen molar-refractivity contribution in [3.63, 3.8) is 0 Å². The first-order valence-electron chi connectivity index (χ1n) is 4.71. The van der Waals surface area contributed by atoms with Gasteiger partial charge in [-0.2, -0.15) is 0 Å². The Morgan fingerprint density at radius 1 is 1.64 bits per heavy atom. The van der Waals surface area contributed by atoms with Gasteiger partial charge in [-0.15, -0.1) is 0 Å². The predicted molar refractivity (Wildman–Crippen MR) is 57.3 cm³/mol. The van der Waals surface area contributed by atoms with Crippen molar-refractivity contribution in [1.82, 2.24) is 10.3 Å². The molecule has 0 aliphatic rings. The number of pyridine rings is 1. The Balaban J connectivity index is 2.49. The fraction of sp³-hybridized carbons (Fsp3) is 0.500. The molecule has 1 rings (SSSR count). The lowest BCUT2D eigenvalue weighted by atomic mass is 10.2. The number of nitrogens with one attached hydrogen (secondary N) is 1. The minimum atomic E-state index is 0.131. The van der Waals surface area contributed by atoms with Gasteiger partial charge in [0.1, 0.15) is 5.15 Å². The largest absolute Gasteiger partial charge is 0.395 e. The molecule has 1 heterocycles. The molecule has 1 aromatic heterocycles. The molecule has 0 amide bonds. The van der Waals surface area contributed by atoms with Gasteiger partial charge < -0.3 is 10.4 Å². The van der Waals surface area contributed by atoms with E-state index in [9.17, 15) is 0 Å². The van der Waals surface area contributed by atoms with Gasteiger partial charge in [-0.3, -0.25) is 0 Å². The topological polar surface area (TPSA) is 45.1 Å². The standard InChI is InChI=1S/C10H15ClN2O/c1-2-9(7-14)13-6-8-4-3-5-12-10(8)11/h3-5,9,13-14H,2,6-7H2,1H3/t9-/m1/s1. The van der Waals surface area contributed by atoms with Crippen molar-refractivity contribution in [3.8, 4) is 0 Å². The maximum Gasteiger partial charge on any atom is 0.133 e. The first-order valence-corrected chi connectivity index (χ1v) is 5.09. The van der Waals surface area contributed by atoms with Gasteiger partial charge in [0.15, 0.2) is 0 Å². The van der Waals surface area contributed by atoms with Crippen LogP contribution in [0.5, 0.6) is 0 Å². The van der Waals surface area contributed by atoms with E-state index in [1.165, 1.54) is 0 Å². The molecule has 78 valence electrons. The quantitative estimate of drug-likeness (QED) is 0.732. The van der Waals surface area contributed by atoms with E-state index >= 15 is 0 Å². The summed E-state index contributed by atoms with van der Waals surface area (Å²) in [6.07, 6.45) is 2.56. The van der Waals surface area contributed by atoms with Crippen LogP contribution >= 0.6 is 11.6 Å². The van der Waals surface area contributed by atoms with Crippen molar-refractivity contribution in [2.24, 2.45) is 0 Å². The third-order valence-electron chi connectivity index (χ3n) is 2.13. The highest BCUT2D eigenvalue weighted by Crippen LogP contribution is 2.11. The van der Waals surface area contributed by atoms with Crippen LogP contribution in [0.15, 0.2) is 18.3 Å². The van der Waals surface area contributed by atoms with Crippen LogP contribution < -0.4 is 5.32 Å². The zero-order chi connectivity index (χ0) is 10.4. The Kier molecular flexibility index (Phi) is 4.87. The van der Waals surface area contributed by atoms with Gasteiger partial charge >= 0.3 is 0 Å². The van der Waals surface area contributed by atoms with Crippen molar-refractivity contribution in [1.29, 1.82) is 0 Å². The second-order valence-corrected chi connectivity index (χ2v) is 3.48. The van der Waals surface area contributed by atoms with Crippen LogP contribution in [-0.4, -0.2) is 22.7 Å². The second-order valence-electron chi connectivity index (χ2n) is 3.12. The summed E-state index contributed by atoms with van der Waals surface area (Å²) < 4.78 is 0. The van der Waals surface area contributed by atoms with Gasteiger partial charge in [0.05, 0.1) is 6.61 Å². The molecule has 0 unspecified atom stereocenters. The van der Waals surface area contributed by atoms with E-state index in [-0.39, 0.29) is 12.6 Å². The van der Waals surface area contributed by atoms with Crippen LogP contribution in [0.2, 0.25) is 5.15 Å². The summed E-state index contributed by atoms with van der Waals surface area (Å²) in [5, 5.41) is 12.7. The van der Waals surface area contributed by atoms with Gasteiger partial charge in [0.25, 0.3) is 0 Å². The maximum absolute atomic E-state index is 8.96. The molecule has 3 nitrogen and oxygen atoms in total. The van der Waals surface area contributed by atoms with Gasteiger partial charge in [-0.1, -0.05) is 24.6 Å². The second kappa shape index (κ2) is 5.96. The van der Waals surface area contributed by atoms with Crippen molar-refractivity contribution < 1.29 is 5.11 Å². The van der Waals surface area contributed by atoms with Crippen LogP contribution in [0.3, 0.4) is 0 Å². The molecular formula is C10H15ClN2O. The summed E-state index contributed by atoms with van der Waals surface area (Å²) in [7, 11) is 0. The lowest BCUT2D eigenvalue weighted by molar-refractivity contribution is 0.238. The van der Waals surface area contributed by atoms with Crippen LogP contribution in [0, 0.1) is 0 Å². The Labute approximate surface area is 89.1 Å². The molecule has 0 aliphatic heterocycles. The van der Waals surface area contributed by atoms with E-state index < -0.39 is 0 Å². The normalized spacial score (nSPS) is 12.8. The van der Waals surface area contributed by atoms with Crippen molar-refractivity contribution in [2.45, 2.75) is 25.9 Å².